The van der Waals surface area contributed by atoms with Gasteiger partial charge < -0.3 is 23.7 Å². The average Bonchev–Trinajstić information content (AvgIpc) is 3.37. The maximum atomic E-state index is 13.7. The number of rotatable bonds is 5. The number of carbonyl (C=O) groups is 4. The average molecular weight is 619 g/mol. The molecule has 4 aliphatic rings. The van der Waals surface area contributed by atoms with E-state index in [1.165, 1.54) is 19.3 Å². The zero-order chi connectivity index (χ0) is 32.2. The molecule has 0 unspecified atom stereocenters. The van der Waals surface area contributed by atoms with E-state index in [9.17, 15) is 19.2 Å². The Balaban J connectivity index is 1.53. The van der Waals surface area contributed by atoms with Crippen LogP contribution in [-0.2, 0) is 33.3 Å². The SMILES string of the molecule is CC(=O)O[C@H]1[C@H](OC(=O)c2cccnc2)[C@@]2(C)C(C)=CCC[C@@H]2[C@@]2(C)[C@@H](OC(=O)c3cccnc3)C[C@@]3(COC(=O)C3)O[C@@]12C. The summed E-state index contributed by atoms with van der Waals surface area (Å²) < 4.78 is 31.4. The number of hydrogen-bond acceptors (Lipinski definition) is 11. The lowest BCUT2D eigenvalue weighted by Gasteiger charge is -2.70. The Morgan fingerprint density at radius 1 is 0.933 bits per heavy atom. The van der Waals surface area contributed by atoms with Crippen molar-refractivity contribution in [2.75, 3.05) is 6.61 Å². The number of aromatic nitrogens is 2. The minimum atomic E-state index is -1.41. The van der Waals surface area contributed by atoms with E-state index >= 15 is 0 Å². The number of nitrogens with zero attached hydrogens (tertiary/aromatic N) is 2. The third-order valence-electron chi connectivity index (χ3n) is 10.9. The lowest BCUT2D eigenvalue weighted by molar-refractivity contribution is -0.362. The van der Waals surface area contributed by atoms with Gasteiger partial charge in [-0.05, 0) is 56.9 Å². The van der Waals surface area contributed by atoms with Gasteiger partial charge in [0, 0.05) is 49.0 Å². The van der Waals surface area contributed by atoms with Crippen molar-refractivity contribution in [1.29, 1.82) is 0 Å². The highest BCUT2D eigenvalue weighted by molar-refractivity contribution is 5.89. The van der Waals surface area contributed by atoms with Crippen LogP contribution in [0.15, 0.2) is 60.7 Å². The van der Waals surface area contributed by atoms with Gasteiger partial charge in [0.15, 0.2) is 12.2 Å². The highest BCUT2D eigenvalue weighted by Crippen LogP contribution is 2.69. The van der Waals surface area contributed by atoms with Crippen molar-refractivity contribution in [1.82, 2.24) is 9.97 Å². The highest BCUT2D eigenvalue weighted by Gasteiger charge is 2.77. The van der Waals surface area contributed by atoms with E-state index in [-0.39, 0.29) is 36.5 Å². The molecule has 2 aliphatic heterocycles. The van der Waals surface area contributed by atoms with E-state index in [0.29, 0.717) is 6.42 Å². The molecule has 1 spiro atoms. The quantitative estimate of drug-likeness (QED) is 0.267. The molecule has 1 saturated carbocycles. The van der Waals surface area contributed by atoms with E-state index < -0.39 is 64.2 Å². The van der Waals surface area contributed by atoms with E-state index in [2.05, 4.69) is 16.0 Å². The van der Waals surface area contributed by atoms with E-state index in [1.54, 1.807) is 36.7 Å². The fraction of sp³-hybridized carbons (Fsp3) is 0.529. The highest BCUT2D eigenvalue weighted by atomic mass is 16.6. The van der Waals surface area contributed by atoms with Crippen LogP contribution >= 0.6 is 0 Å². The maximum absolute atomic E-state index is 13.7. The number of fused-ring (bicyclic) bond motifs is 3. The van der Waals surface area contributed by atoms with Crippen molar-refractivity contribution in [2.24, 2.45) is 16.7 Å². The summed E-state index contributed by atoms with van der Waals surface area (Å²) in [4.78, 5) is 60.9. The van der Waals surface area contributed by atoms with Crippen molar-refractivity contribution >= 4 is 23.9 Å². The number of pyridine rings is 2. The number of esters is 4. The van der Waals surface area contributed by atoms with Gasteiger partial charge in [0.25, 0.3) is 0 Å². The number of hydrogen-bond donors (Lipinski definition) is 0. The van der Waals surface area contributed by atoms with Crippen LogP contribution in [0.4, 0.5) is 0 Å². The van der Waals surface area contributed by atoms with Crippen LogP contribution in [-0.4, -0.2) is 70.0 Å². The molecule has 11 nitrogen and oxygen atoms in total. The molecule has 3 fully saturated rings. The molecule has 8 atom stereocenters. The maximum Gasteiger partial charge on any atom is 0.340 e. The van der Waals surface area contributed by atoms with Gasteiger partial charge in [0.1, 0.15) is 23.9 Å². The summed E-state index contributed by atoms with van der Waals surface area (Å²) >= 11 is 0. The van der Waals surface area contributed by atoms with Crippen LogP contribution in [0.1, 0.15) is 81.0 Å². The lowest BCUT2D eigenvalue weighted by Crippen LogP contribution is -2.80. The van der Waals surface area contributed by atoms with Crippen molar-refractivity contribution < 1.29 is 42.9 Å². The zero-order valence-electron chi connectivity index (χ0n) is 26.1. The van der Waals surface area contributed by atoms with Crippen LogP contribution in [0.3, 0.4) is 0 Å². The zero-order valence-corrected chi connectivity index (χ0v) is 26.1. The fourth-order valence-corrected chi connectivity index (χ4v) is 8.44. The summed E-state index contributed by atoms with van der Waals surface area (Å²) in [6.45, 7) is 9.03. The third-order valence-corrected chi connectivity index (χ3v) is 10.9. The molecule has 0 bridgehead atoms. The molecule has 0 radical (unpaired) electrons. The molecule has 6 rings (SSSR count). The Morgan fingerprint density at radius 3 is 2.13 bits per heavy atom. The molecular weight excluding hydrogens is 580 g/mol. The van der Waals surface area contributed by atoms with Crippen molar-refractivity contribution in [3.05, 3.63) is 71.8 Å². The summed E-state index contributed by atoms with van der Waals surface area (Å²) in [5.74, 6) is -2.52. The van der Waals surface area contributed by atoms with Gasteiger partial charge in [-0.1, -0.05) is 25.5 Å². The molecular formula is C34H38N2O9. The monoisotopic (exact) mass is 618 g/mol. The summed E-state index contributed by atoms with van der Waals surface area (Å²) in [5, 5.41) is 0. The number of allylic oxidation sites excluding steroid dienone is 1. The lowest BCUT2D eigenvalue weighted by atomic mass is 9.41. The van der Waals surface area contributed by atoms with Gasteiger partial charge in [-0.3, -0.25) is 19.6 Å². The van der Waals surface area contributed by atoms with Crippen LogP contribution in [0.5, 0.6) is 0 Å². The summed E-state index contributed by atoms with van der Waals surface area (Å²) in [5.41, 5.74) is -2.96. The summed E-state index contributed by atoms with van der Waals surface area (Å²) in [6.07, 6.45) is 6.63. The Labute approximate surface area is 261 Å². The minimum absolute atomic E-state index is 0.0633. The predicted molar refractivity (Wildman–Crippen MR) is 158 cm³/mol. The van der Waals surface area contributed by atoms with E-state index in [1.807, 2.05) is 27.7 Å². The number of cyclic esters (lactones) is 1. The molecule has 2 aromatic rings. The first-order valence-electron chi connectivity index (χ1n) is 15.3. The first-order chi connectivity index (χ1) is 21.3. The predicted octanol–water partition coefficient (Wildman–Crippen LogP) is 4.41. The molecule has 45 heavy (non-hydrogen) atoms. The first-order valence-corrected chi connectivity index (χ1v) is 15.3. The topological polar surface area (TPSA) is 140 Å². The van der Waals surface area contributed by atoms with Gasteiger partial charge in [0.2, 0.25) is 0 Å². The molecule has 238 valence electrons. The summed E-state index contributed by atoms with van der Waals surface area (Å²) in [6, 6.07) is 6.53. The number of ether oxygens (including phenoxy) is 5. The van der Waals surface area contributed by atoms with Crippen molar-refractivity contribution in [3.63, 3.8) is 0 Å². The molecule has 0 amide bonds. The molecule has 2 aromatic heterocycles. The number of carbonyl (C=O) groups excluding carboxylic acids is 4. The second kappa shape index (κ2) is 11.0. The van der Waals surface area contributed by atoms with Gasteiger partial charge >= 0.3 is 23.9 Å². The molecule has 2 aliphatic carbocycles. The second-order valence-corrected chi connectivity index (χ2v) is 13.2. The Kier molecular flexibility index (Phi) is 7.58. The normalized spacial score (nSPS) is 37.0. The van der Waals surface area contributed by atoms with Crippen LogP contribution in [0.25, 0.3) is 0 Å². The molecule has 0 aromatic carbocycles. The van der Waals surface area contributed by atoms with Crippen LogP contribution < -0.4 is 0 Å². The van der Waals surface area contributed by atoms with E-state index in [0.717, 1.165) is 12.0 Å². The van der Waals surface area contributed by atoms with E-state index in [4.69, 9.17) is 23.7 Å². The molecule has 11 heteroatoms. The van der Waals surface area contributed by atoms with Gasteiger partial charge in [-0.25, -0.2) is 9.59 Å². The van der Waals surface area contributed by atoms with Crippen molar-refractivity contribution in [2.45, 2.75) is 89.8 Å². The second-order valence-electron chi connectivity index (χ2n) is 13.2. The smallest absolute Gasteiger partial charge is 0.340 e. The molecule has 2 saturated heterocycles. The third kappa shape index (κ3) is 4.83. The Bertz CT molecular complexity index is 1550. The molecule has 0 N–H and O–H groups in total. The van der Waals surface area contributed by atoms with Gasteiger partial charge in [-0.2, -0.15) is 0 Å². The Hall–Kier alpha value is -4.12. The first kappa shape index (κ1) is 30.9. The van der Waals surface area contributed by atoms with Crippen molar-refractivity contribution in [3.8, 4) is 0 Å². The minimum Gasteiger partial charge on any atom is -0.462 e. The molecule has 4 heterocycles. The standard InChI is InChI=1S/C34H38N2O9/c1-20-9-6-12-24-31(20,3)27(44-30(40)23-11-8-14-36-18-23)28(42-21(2)37)33(5)32(24,4)25(15-34(45-33)16-26(38)41-19-34)43-29(39)22-10-7-13-35-17-22/h7-11,13-14,17-18,24-25,27-28H,6,12,15-16,19H2,1-5H3/t24-,25-,27-,28-,31-,32-,33-,34+/m0/s1. The van der Waals surface area contributed by atoms with Crippen LogP contribution in [0, 0.1) is 16.7 Å². The van der Waals surface area contributed by atoms with Gasteiger partial charge in [0.05, 0.1) is 17.5 Å². The van der Waals surface area contributed by atoms with Crippen LogP contribution in [0.2, 0.25) is 0 Å². The summed E-state index contributed by atoms with van der Waals surface area (Å²) in [7, 11) is 0. The Morgan fingerprint density at radius 2 is 1.58 bits per heavy atom. The van der Waals surface area contributed by atoms with Gasteiger partial charge in [-0.15, -0.1) is 0 Å². The largest absolute Gasteiger partial charge is 0.462 e. The fourth-order valence-electron chi connectivity index (χ4n) is 8.44.